The second-order valence-corrected chi connectivity index (χ2v) is 28.8. The number of aromatic nitrogens is 4. The molecule has 0 aliphatic carbocycles. The van der Waals surface area contributed by atoms with Crippen molar-refractivity contribution in [2.75, 3.05) is 52.9 Å². The van der Waals surface area contributed by atoms with Gasteiger partial charge in [-0.05, 0) is 118 Å². The predicted molar refractivity (Wildman–Crippen MR) is 465 cm³/mol. The van der Waals surface area contributed by atoms with E-state index in [-0.39, 0.29) is 88.9 Å². The molecular formula is C90H112Cl4N8O14. The summed E-state index contributed by atoms with van der Waals surface area (Å²) >= 11 is 0. The fourth-order valence-electron chi connectivity index (χ4n) is 12.2. The Labute approximate surface area is 703 Å². The molecule has 18 N–H and O–H groups in total. The average Bonchev–Trinajstić information content (AvgIpc) is 1.34. The van der Waals surface area contributed by atoms with E-state index in [0.717, 1.165) is 163 Å². The first-order valence-corrected chi connectivity index (χ1v) is 38.1. The van der Waals surface area contributed by atoms with Crippen LogP contribution in [0, 0.1) is 0 Å². The lowest BCUT2D eigenvalue weighted by molar-refractivity contribution is 0.0618. The lowest BCUT2D eigenvalue weighted by Gasteiger charge is -2.27. The van der Waals surface area contributed by atoms with Gasteiger partial charge in [0.1, 0.15) is 47.8 Å². The molecule has 2 atom stereocenters. The minimum atomic E-state index is -1.20. The Morgan fingerprint density at radius 3 is 0.681 bits per heavy atom. The largest absolute Gasteiger partial charge is 0.448 e. The van der Waals surface area contributed by atoms with Gasteiger partial charge in [-0.2, -0.15) is 0 Å². The molecule has 22 nitrogen and oxygen atoms in total. The number of nitrogens with two attached hydrogens (primary N) is 4. The molecule has 4 aromatic heterocycles. The molecule has 0 bridgehead atoms. The van der Waals surface area contributed by atoms with Crippen LogP contribution in [0.2, 0.25) is 0 Å². The van der Waals surface area contributed by atoms with Gasteiger partial charge in [-0.15, -0.1) is 49.6 Å². The molecule has 0 radical (unpaired) electrons. The quantitative estimate of drug-likeness (QED) is 0.0178. The van der Waals surface area contributed by atoms with Gasteiger partial charge in [0, 0.05) is 47.9 Å². The predicted octanol–water partition coefficient (Wildman–Crippen LogP) is 14.2. The van der Waals surface area contributed by atoms with Gasteiger partial charge in [0.2, 0.25) is 0 Å². The van der Waals surface area contributed by atoms with Gasteiger partial charge in [0.15, 0.2) is 23.6 Å². The van der Waals surface area contributed by atoms with E-state index in [1.165, 1.54) is 0 Å². The molecule has 2 unspecified atom stereocenters. The number of hydrogen-bond acceptors (Lipinski definition) is 22. The summed E-state index contributed by atoms with van der Waals surface area (Å²) < 4.78 is 21.8. The topological polar surface area (TPSA) is 410 Å². The van der Waals surface area contributed by atoms with Crippen LogP contribution in [0.1, 0.15) is 124 Å². The fraction of sp³-hybridized carbons (Fsp3) is 0.333. The third-order valence-electron chi connectivity index (χ3n) is 19.8. The van der Waals surface area contributed by atoms with E-state index in [2.05, 4.69) is 119 Å². The van der Waals surface area contributed by atoms with Crippen LogP contribution in [0.15, 0.2) is 237 Å². The smallest absolute Gasteiger partial charge is 0.194 e. The van der Waals surface area contributed by atoms with Gasteiger partial charge in [-0.25, -0.2) is 19.9 Å². The Morgan fingerprint density at radius 2 is 0.474 bits per heavy atom. The molecular weight excluding hydrogens is 1560 g/mol. The van der Waals surface area contributed by atoms with E-state index in [1.807, 2.05) is 123 Å². The second kappa shape index (κ2) is 47.6. The summed E-state index contributed by atoms with van der Waals surface area (Å²) in [5.74, 6) is 3.00. The van der Waals surface area contributed by atoms with Crippen LogP contribution in [0.3, 0.4) is 0 Å². The first kappa shape index (κ1) is 97.8. The fourth-order valence-corrected chi connectivity index (χ4v) is 12.2. The summed E-state index contributed by atoms with van der Waals surface area (Å²) in [5.41, 5.74) is 39.0. The lowest BCUT2D eigenvalue weighted by Crippen LogP contribution is -2.48. The van der Waals surface area contributed by atoms with E-state index in [4.69, 9.17) is 40.6 Å². The molecule has 0 aliphatic rings. The molecule has 0 saturated heterocycles. The van der Waals surface area contributed by atoms with Gasteiger partial charge in [-0.3, -0.25) is 0 Å². The Balaban J connectivity index is 0.000000273. The van der Waals surface area contributed by atoms with Crippen LogP contribution < -0.4 is 22.9 Å². The number of rotatable bonds is 34. The van der Waals surface area contributed by atoms with Crippen molar-refractivity contribution in [2.24, 2.45) is 22.9 Å². The summed E-state index contributed by atoms with van der Waals surface area (Å²) in [6.07, 6.45) is 12.9. The first-order valence-electron chi connectivity index (χ1n) is 38.1. The van der Waals surface area contributed by atoms with Crippen LogP contribution in [-0.2, 0) is 38.5 Å². The van der Waals surface area contributed by atoms with Crippen molar-refractivity contribution in [3.05, 3.63) is 265 Å². The monoisotopic (exact) mass is 1670 g/mol. The van der Waals surface area contributed by atoms with Crippen LogP contribution in [-0.4, -0.2) is 146 Å². The van der Waals surface area contributed by atoms with Crippen molar-refractivity contribution in [3.63, 3.8) is 0 Å². The van der Waals surface area contributed by atoms with Crippen LogP contribution in [0.25, 0.3) is 89.5 Å². The van der Waals surface area contributed by atoms with E-state index in [1.54, 1.807) is 25.1 Å². The Kier molecular flexibility index (Phi) is 40.1. The van der Waals surface area contributed by atoms with Gasteiger partial charge in [0.25, 0.3) is 0 Å². The zero-order chi connectivity index (χ0) is 80.3. The van der Waals surface area contributed by atoms with Crippen molar-refractivity contribution >= 4 is 49.6 Å². The second-order valence-electron chi connectivity index (χ2n) is 28.8. The maximum atomic E-state index is 10.4. The highest BCUT2D eigenvalue weighted by atomic mass is 35.5. The molecule has 116 heavy (non-hydrogen) atoms. The van der Waals surface area contributed by atoms with Gasteiger partial charge < -0.3 is 91.7 Å². The number of nitrogens with zero attached hydrogens (tertiary/aromatic N) is 4. The molecule has 0 fully saturated rings. The van der Waals surface area contributed by atoms with Crippen molar-refractivity contribution in [1.29, 1.82) is 0 Å². The van der Waals surface area contributed by atoms with Gasteiger partial charge >= 0.3 is 0 Å². The maximum absolute atomic E-state index is 10.4. The van der Waals surface area contributed by atoms with Crippen LogP contribution in [0.4, 0.5) is 0 Å². The molecule has 0 aliphatic heterocycles. The molecule has 0 spiro atoms. The number of aliphatic hydroxyl groups is 10. The van der Waals surface area contributed by atoms with Gasteiger partial charge in [-0.1, -0.05) is 222 Å². The maximum Gasteiger partial charge on any atom is 0.194 e. The summed E-state index contributed by atoms with van der Waals surface area (Å²) in [6, 6.07) is 64.2. The SMILES string of the molecule is CCCc1nc(-c2ccc(-c3ccc(C(O)CC(N)(CO)CO)cc3)cc2)co1.CCCc1nc(-c2ccc(-c3ccc(CCC(N)(CO)CO)cc3)cc2)co1.CCc1nc(-c2ccc(-c3ccc(C(O)CC(N)(CO)CO)cc3)cc2)co1.CCc1nc(-c2ccc(-c3ccc(CCC(N)(CO)CO)cc3)cc2)co1.Cl.Cl.Cl.Cl. The van der Waals surface area contributed by atoms with Crippen molar-refractivity contribution in [2.45, 2.75) is 139 Å². The Morgan fingerprint density at radius 1 is 0.276 bits per heavy atom. The van der Waals surface area contributed by atoms with Crippen molar-refractivity contribution in [1.82, 2.24) is 19.9 Å². The summed E-state index contributed by atoms with van der Waals surface area (Å²) in [4.78, 5) is 17.9. The van der Waals surface area contributed by atoms with E-state index in [9.17, 15) is 51.1 Å². The number of hydrogen-bond donors (Lipinski definition) is 14. The standard InChI is InChI=1S/C23H28N2O4.C23H28N2O3.C22H26N2O4.C22H26N2O3.4ClH/c1-2-3-22-25-20(13-29-22)18-8-4-16(5-9-18)17-6-10-19(11-7-17)21(28)12-23(24,14-26)15-27;1-2-3-22-25-21(14-28-22)20-10-8-19(9-11-20)18-6-4-17(5-7-18)12-13-23(24,15-26)16-27;1-2-21-24-19(12-28-21)17-7-3-15(4-8-17)16-5-9-18(10-6-16)20(27)11-22(23,13-25)14-26;1-2-21-24-20(13-27-21)19-9-7-18(8-10-19)17-5-3-16(4-6-17)11-12-22(23,14-25)15-26;;;;/h4-11,13,21,26-28H,2-3,12,14-15,24H2,1H3;4-11,14,26-27H,2-3,12-13,15-16,24H2,1H3;3-10,12,20,25-27H,2,11,13-14,23H2,1H3;3-10,13,25-26H,2,11-12,14-15,23H2,1H3;4*1H. The number of halogens is 4. The molecule has 26 heteroatoms. The van der Waals surface area contributed by atoms with E-state index in [0.29, 0.717) is 36.8 Å². The van der Waals surface area contributed by atoms with Crippen molar-refractivity contribution in [3.8, 4) is 89.5 Å². The summed E-state index contributed by atoms with van der Waals surface area (Å²) in [7, 11) is 0. The molecule has 12 aromatic rings. The van der Waals surface area contributed by atoms with Crippen LogP contribution >= 0.6 is 49.6 Å². The van der Waals surface area contributed by atoms with Gasteiger partial charge in [0.05, 0.1) is 87.2 Å². The zero-order valence-electron chi connectivity index (χ0n) is 65.9. The molecule has 4 heterocycles. The minimum absolute atomic E-state index is 0. The first-order chi connectivity index (χ1) is 54.1. The molecule has 8 aromatic carbocycles. The number of oxazole rings is 4. The highest BCUT2D eigenvalue weighted by molar-refractivity contribution is 5.86. The van der Waals surface area contributed by atoms with E-state index < -0.39 is 60.8 Å². The third-order valence-corrected chi connectivity index (χ3v) is 19.8. The zero-order valence-corrected chi connectivity index (χ0v) is 69.2. The highest BCUT2D eigenvalue weighted by Crippen LogP contribution is 2.33. The Bertz CT molecular complexity index is 4730. The lowest BCUT2D eigenvalue weighted by atomic mass is 9.91. The Hall–Kier alpha value is -8.80. The minimum Gasteiger partial charge on any atom is -0.448 e. The number of aliphatic hydroxyl groups excluding tert-OH is 10. The van der Waals surface area contributed by atoms with E-state index >= 15 is 0 Å². The van der Waals surface area contributed by atoms with Crippen LogP contribution in [0.5, 0.6) is 0 Å². The summed E-state index contributed by atoms with van der Waals surface area (Å²) in [6.45, 7) is 5.75. The number of benzene rings is 8. The average molecular weight is 1670 g/mol. The number of aryl methyl sites for hydroxylation is 6. The summed E-state index contributed by atoms with van der Waals surface area (Å²) in [5, 5.41) is 95.0. The highest BCUT2D eigenvalue weighted by Gasteiger charge is 2.30. The normalized spacial score (nSPS) is 11.9. The third kappa shape index (κ3) is 27.7. The van der Waals surface area contributed by atoms with Crippen molar-refractivity contribution < 1.29 is 68.7 Å². The molecule has 12 rings (SSSR count). The molecule has 0 saturated carbocycles. The molecule has 624 valence electrons. The molecule has 0 amide bonds.